The van der Waals surface area contributed by atoms with Crippen LogP contribution in [-0.4, -0.2) is 23.7 Å². The lowest BCUT2D eigenvalue weighted by atomic mass is 10.3. The molecular formula is C7H13N3O. The number of aromatic nitrogens is 2. The van der Waals surface area contributed by atoms with Crippen molar-refractivity contribution < 1.29 is 4.52 Å². The fraction of sp³-hybridized carbons (Fsp3) is 0.714. The van der Waals surface area contributed by atoms with Crippen molar-refractivity contribution >= 4 is 0 Å². The molecule has 1 aromatic rings. The van der Waals surface area contributed by atoms with Gasteiger partial charge < -0.3 is 9.84 Å². The van der Waals surface area contributed by atoms with Crippen LogP contribution in [0, 0.1) is 6.92 Å². The third-order valence-electron chi connectivity index (χ3n) is 1.40. The fourth-order valence-corrected chi connectivity index (χ4v) is 0.866. The lowest BCUT2D eigenvalue weighted by Gasteiger charge is -1.93. The highest BCUT2D eigenvalue weighted by molar-refractivity contribution is 4.83. The fourth-order valence-electron chi connectivity index (χ4n) is 0.866. The Balaban J connectivity index is 2.27. The Morgan fingerprint density at radius 3 is 2.91 bits per heavy atom. The van der Waals surface area contributed by atoms with Gasteiger partial charge in [0.25, 0.3) is 0 Å². The van der Waals surface area contributed by atoms with Crippen LogP contribution in [0.25, 0.3) is 0 Å². The Morgan fingerprint density at radius 1 is 1.55 bits per heavy atom. The van der Waals surface area contributed by atoms with E-state index in [1.807, 2.05) is 7.05 Å². The molecule has 1 heterocycles. The van der Waals surface area contributed by atoms with Gasteiger partial charge in [-0.15, -0.1) is 0 Å². The van der Waals surface area contributed by atoms with Gasteiger partial charge in [0.15, 0.2) is 5.82 Å². The molecule has 0 atom stereocenters. The molecule has 4 nitrogen and oxygen atoms in total. The maximum Gasteiger partial charge on any atom is 0.223 e. The molecule has 0 saturated heterocycles. The van der Waals surface area contributed by atoms with Crippen molar-refractivity contribution in [1.82, 2.24) is 15.5 Å². The molecule has 0 aromatic carbocycles. The lowest BCUT2D eigenvalue weighted by Crippen LogP contribution is -2.08. The summed E-state index contributed by atoms with van der Waals surface area (Å²) >= 11 is 0. The molecular weight excluding hydrogens is 142 g/mol. The summed E-state index contributed by atoms with van der Waals surface area (Å²) in [5.41, 5.74) is 0. The summed E-state index contributed by atoms with van der Waals surface area (Å²) < 4.78 is 4.81. The molecule has 1 aromatic heterocycles. The molecule has 1 rings (SSSR count). The van der Waals surface area contributed by atoms with E-state index < -0.39 is 0 Å². The third kappa shape index (κ3) is 2.67. The van der Waals surface area contributed by atoms with Crippen LogP contribution in [-0.2, 0) is 6.42 Å². The van der Waals surface area contributed by atoms with Gasteiger partial charge in [-0.05, 0) is 20.0 Å². The minimum atomic E-state index is 0.643. The van der Waals surface area contributed by atoms with Crippen molar-refractivity contribution in [1.29, 1.82) is 0 Å². The Morgan fingerprint density at radius 2 is 2.36 bits per heavy atom. The molecule has 1 N–H and O–H groups in total. The molecule has 0 unspecified atom stereocenters. The summed E-state index contributed by atoms with van der Waals surface area (Å²) in [5, 5.41) is 6.83. The Hall–Kier alpha value is -0.900. The van der Waals surface area contributed by atoms with Gasteiger partial charge in [-0.1, -0.05) is 5.16 Å². The predicted molar refractivity (Wildman–Crippen MR) is 41.3 cm³/mol. The highest BCUT2D eigenvalue weighted by atomic mass is 16.5. The van der Waals surface area contributed by atoms with Crippen molar-refractivity contribution in [3.63, 3.8) is 0 Å². The highest BCUT2D eigenvalue weighted by Crippen LogP contribution is 1.97. The standard InChI is InChI=1S/C7H13N3O/c1-6-9-7(10-11-6)4-3-5-8-2/h8H,3-5H2,1-2H3. The summed E-state index contributed by atoms with van der Waals surface area (Å²) in [5.74, 6) is 1.45. The number of hydrogen-bond acceptors (Lipinski definition) is 4. The average molecular weight is 155 g/mol. The van der Waals surface area contributed by atoms with Crippen LogP contribution in [0.15, 0.2) is 4.52 Å². The van der Waals surface area contributed by atoms with Crippen LogP contribution in [0.4, 0.5) is 0 Å². The van der Waals surface area contributed by atoms with E-state index >= 15 is 0 Å². The van der Waals surface area contributed by atoms with Gasteiger partial charge in [0.2, 0.25) is 5.89 Å². The third-order valence-corrected chi connectivity index (χ3v) is 1.40. The summed E-state index contributed by atoms with van der Waals surface area (Å²) in [6, 6.07) is 0. The van der Waals surface area contributed by atoms with Gasteiger partial charge in [-0.25, -0.2) is 0 Å². The Bertz CT molecular complexity index is 209. The van der Waals surface area contributed by atoms with Gasteiger partial charge in [0.05, 0.1) is 0 Å². The second-order valence-electron chi connectivity index (χ2n) is 2.44. The predicted octanol–water partition coefficient (Wildman–Crippen LogP) is 0.530. The normalized spacial score (nSPS) is 10.4. The highest BCUT2D eigenvalue weighted by Gasteiger charge is 1.99. The zero-order valence-corrected chi connectivity index (χ0v) is 6.92. The van der Waals surface area contributed by atoms with Gasteiger partial charge in [-0.2, -0.15) is 4.98 Å². The zero-order valence-electron chi connectivity index (χ0n) is 6.92. The maximum atomic E-state index is 4.81. The minimum absolute atomic E-state index is 0.643. The van der Waals surface area contributed by atoms with Gasteiger partial charge in [0, 0.05) is 13.3 Å². The van der Waals surface area contributed by atoms with Crippen LogP contribution in [0.1, 0.15) is 18.1 Å². The first-order chi connectivity index (χ1) is 5.33. The smallest absolute Gasteiger partial charge is 0.223 e. The van der Waals surface area contributed by atoms with E-state index in [9.17, 15) is 0 Å². The van der Waals surface area contributed by atoms with E-state index in [1.54, 1.807) is 6.92 Å². The van der Waals surface area contributed by atoms with E-state index in [4.69, 9.17) is 4.52 Å². The monoisotopic (exact) mass is 155 g/mol. The topological polar surface area (TPSA) is 51.0 Å². The van der Waals surface area contributed by atoms with Crippen molar-refractivity contribution in [3.05, 3.63) is 11.7 Å². The summed E-state index contributed by atoms with van der Waals surface area (Å²) in [4.78, 5) is 4.08. The average Bonchev–Trinajstić information content (AvgIpc) is 2.37. The zero-order chi connectivity index (χ0) is 8.10. The molecule has 0 fully saturated rings. The molecule has 0 spiro atoms. The first kappa shape index (κ1) is 8.20. The Labute approximate surface area is 66.0 Å². The van der Waals surface area contributed by atoms with Gasteiger partial charge in [0.1, 0.15) is 0 Å². The molecule has 0 amide bonds. The number of aryl methyl sites for hydroxylation is 2. The molecule has 11 heavy (non-hydrogen) atoms. The van der Waals surface area contributed by atoms with E-state index in [1.165, 1.54) is 0 Å². The summed E-state index contributed by atoms with van der Waals surface area (Å²) in [6.07, 6.45) is 1.94. The minimum Gasteiger partial charge on any atom is -0.340 e. The maximum absolute atomic E-state index is 4.81. The molecule has 0 radical (unpaired) electrons. The van der Waals surface area contributed by atoms with Crippen LogP contribution in [0.5, 0.6) is 0 Å². The summed E-state index contributed by atoms with van der Waals surface area (Å²) in [6.45, 7) is 2.79. The number of hydrogen-bond donors (Lipinski definition) is 1. The van der Waals surface area contributed by atoms with Crippen molar-refractivity contribution in [3.8, 4) is 0 Å². The van der Waals surface area contributed by atoms with Crippen molar-refractivity contribution in [2.45, 2.75) is 19.8 Å². The SMILES string of the molecule is CNCCCc1noc(C)n1. The van der Waals surface area contributed by atoms with E-state index in [-0.39, 0.29) is 0 Å². The van der Waals surface area contributed by atoms with E-state index in [0.29, 0.717) is 5.89 Å². The van der Waals surface area contributed by atoms with Gasteiger partial charge in [-0.3, -0.25) is 0 Å². The molecule has 0 aliphatic heterocycles. The van der Waals surface area contributed by atoms with Crippen LogP contribution in [0.2, 0.25) is 0 Å². The first-order valence-corrected chi connectivity index (χ1v) is 3.76. The number of nitrogens with one attached hydrogen (secondary N) is 1. The molecule has 0 bridgehead atoms. The molecule has 62 valence electrons. The van der Waals surface area contributed by atoms with Crippen LogP contribution >= 0.6 is 0 Å². The summed E-state index contributed by atoms with van der Waals surface area (Å²) in [7, 11) is 1.93. The van der Waals surface area contributed by atoms with Crippen molar-refractivity contribution in [2.75, 3.05) is 13.6 Å². The quantitative estimate of drug-likeness (QED) is 0.644. The molecule has 0 aliphatic carbocycles. The Kier molecular flexibility index (Phi) is 3.04. The molecule has 0 aliphatic rings. The van der Waals surface area contributed by atoms with Crippen LogP contribution in [0.3, 0.4) is 0 Å². The van der Waals surface area contributed by atoms with Gasteiger partial charge >= 0.3 is 0 Å². The number of rotatable bonds is 4. The molecule has 4 heteroatoms. The second kappa shape index (κ2) is 4.08. The first-order valence-electron chi connectivity index (χ1n) is 3.76. The second-order valence-corrected chi connectivity index (χ2v) is 2.44. The lowest BCUT2D eigenvalue weighted by molar-refractivity contribution is 0.387. The van der Waals surface area contributed by atoms with Crippen molar-refractivity contribution in [2.24, 2.45) is 0 Å². The van der Waals surface area contributed by atoms with Crippen LogP contribution < -0.4 is 5.32 Å². The van der Waals surface area contributed by atoms with E-state index in [2.05, 4.69) is 15.5 Å². The van der Waals surface area contributed by atoms with E-state index in [0.717, 1.165) is 25.2 Å². The molecule has 0 saturated carbocycles. The largest absolute Gasteiger partial charge is 0.340 e. The number of nitrogens with zero attached hydrogens (tertiary/aromatic N) is 2.